The van der Waals surface area contributed by atoms with Crippen LogP contribution in [0.1, 0.15) is 26.2 Å². The van der Waals surface area contributed by atoms with E-state index in [1.807, 2.05) is 0 Å². The predicted molar refractivity (Wildman–Crippen MR) is 83.1 cm³/mol. The number of nitrogens with zero attached hydrogens (tertiary/aromatic N) is 2. The maximum Gasteiger partial charge on any atom is 0.238 e. The molecule has 124 valence electrons. The molecule has 1 unspecified atom stereocenters. The molecule has 3 rings (SSSR count). The molecule has 23 heavy (non-hydrogen) atoms. The summed E-state index contributed by atoms with van der Waals surface area (Å²) in [6, 6.07) is 6.08. The molecule has 2 aromatic rings. The van der Waals surface area contributed by atoms with Crippen LogP contribution in [-0.4, -0.2) is 31.8 Å². The third-order valence-electron chi connectivity index (χ3n) is 4.37. The fourth-order valence-corrected chi connectivity index (χ4v) is 3.19. The Labute approximate surface area is 134 Å². The number of nitrogens with two attached hydrogens (primary N) is 1. The van der Waals surface area contributed by atoms with Crippen LogP contribution in [0.15, 0.2) is 33.7 Å². The minimum absolute atomic E-state index is 0.0494. The van der Waals surface area contributed by atoms with E-state index in [1.54, 1.807) is 12.1 Å². The van der Waals surface area contributed by atoms with E-state index in [-0.39, 0.29) is 10.3 Å². The molecule has 1 aromatic heterocycles. The SMILES string of the molecule is CC(C)(c1nc(-c2ccc(S(N)(=O)=O)cc2)no1)C1CCOC1. The summed E-state index contributed by atoms with van der Waals surface area (Å²) in [5.41, 5.74) is 0.397. The lowest BCUT2D eigenvalue weighted by atomic mass is 9.78. The first-order valence-corrected chi connectivity index (χ1v) is 8.88. The van der Waals surface area contributed by atoms with E-state index in [4.69, 9.17) is 14.4 Å². The highest BCUT2D eigenvalue weighted by molar-refractivity contribution is 7.89. The molecule has 7 nitrogen and oxygen atoms in total. The van der Waals surface area contributed by atoms with Crippen molar-refractivity contribution in [1.82, 2.24) is 10.1 Å². The van der Waals surface area contributed by atoms with E-state index in [0.717, 1.165) is 13.0 Å². The van der Waals surface area contributed by atoms with Gasteiger partial charge in [-0.1, -0.05) is 19.0 Å². The highest BCUT2D eigenvalue weighted by Crippen LogP contribution is 2.36. The lowest BCUT2D eigenvalue weighted by molar-refractivity contribution is 0.156. The molecule has 1 aliphatic rings. The smallest absolute Gasteiger partial charge is 0.238 e. The van der Waals surface area contributed by atoms with Crippen molar-refractivity contribution in [2.45, 2.75) is 30.6 Å². The Morgan fingerprint density at radius 2 is 1.96 bits per heavy atom. The van der Waals surface area contributed by atoms with E-state index in [9.17, 15) is 8.42 Å². The second-order valence-electron chi connectivity index (χ2n) is 6.27. The summed E-state index contributed by atoms with van der Waals surface area (Å²) in [6.07, 6.45) is 0.966. The molecule has 0 bridgehead atoms. The second-order valence-corrected chi connectivity index (χ2v) is 7.84. The zero-order valence-electron chi connectivity index (χ0n) is 13.0. The van der Waals surface area contributed by atoms with Gasteiger partial charge in [0.2, 0.25) is 21.7 Å². The van der Waals surface area contributed by atoms with Crippen LogP contribution in [0.25, 0.3) is 11.4 Å². The molecule has 1 atom stereocenters. The lowest BCUT2D eigenvalue weighted by Gasteiger charge is -2.25. The Morgan fingerprint density at radius 1 is 1.26 bits per heavy atom. The van der Waals surface area contributed by atoms with Gasteiger partial charge in [0.1, 0.15) is 0 Å². The summed E-state index contributed by atoms with van der Waals surface area (Å²) in [5.74, 6) is 1.31. The summed E-state index contributed by atoms with van der Waals surface area (Å²) in [5, 5.41) is 9.10. The van der Waals surface area contributed by atoms with E-state index in [1.165, 1.54) is 12.1 Å². The van der Waals surface area contributed by atoms with Crippen molar-refractivity contribution < 1.29 is 17.7 Å². The Hall–Kier alpha value is -1.77. The molecule has 0 aliphatic carbocycles. The minimum Gasteiger partial charge on any atom is -0.381 e. The van der Waals surface area contributed by atoms with Crippen molar-refractivity contribution >= 4 is 10.0 Å². The molecular formula is C15H19N3O4S. The zero-order valence-corrected chi connectivity index (χ0v) is 13.8. The molecule has 1 saturated heterocycles. The average Bonchev–Trinajstić information content (AvgIpc) is 3.18. The highest BCUT2D eigenvalue weighted by Gasteiger charge is 2.38. The van der Waals surface area contributed by atoms with Crippen molar-refractivity contribution in [2.24, 2.45) is 11.1 Å². The standard InChI is InChI=1S/C15H19N3O4S/c1-15(2,11-7-8-21-9-11)14-17-13(18-22-14)10-3-5-12(6-4-10)23(16,19)20/h3-6,11H,7-9H2,1-2H3,(H2,16,19,20). The molecule has 0 radical (unpaired) electrons. The quantitative estimate of drug-likeness (QED) is 0.909. The van der Waals surface area contributed by atoms with Crippen molar-refractivity contribution in [3.8, 4) is 11.4 Å². The molecular weight excluding hydrogens is 318 g/mol. The molecule has 0 spiro atoms. The minimum atomic E-state index is -3.71. The van der Waals surface area contributed by atoms with E-state index in [2.05, 4.69) is 24.0 Å². The first-order valence-electron chi connectivity index (χ1n) is 7.33. The predicted octanol–water partition coefficient (Wildman–Crippen LogP) is 1.70. The first kappa shape index (κ1) is 16.1. The van der Waals surface area contributed by atoms with Gasteiger partial charge in [0.05, 0.1) is 11.5 Å². The summed E-state index contributed by atoms with van der Waals surface area (Å²) in [4.78, 5) is 4.52. The summed E-state index contributed by atoms with van der Waals surface area (Å²) in [6.45, 7) is 5.57. The number of rotatable bonds is 4. The molecule has 2 N–H and O–H groups in total. The van der Waals surface area contributed by atoms with Gasteiger partial charge < -0.3 is 9.26 Å². The topological polar surface area (TPSA) is 108 Å². The fourth-order valence-electron chi connectivity index (χ4n) is 2.67. The van der Waals surface area contributed by atoms with Gasteiger partial charge in [-0.15, -0.1) is 0 Å². The summed E-state index contributed by atoms with van der Waals surface area (Å²) >= 11 is 0. The first-order chi connectivity index (χ1) is 10.8. The number of ether oxygens (including phenoxy) is 1. The average molecular weight is 337 g/mol. The number of primary sulfonamides is 1. The maximum atomic E-state index is 11.3. The van der Waals surface area contributed by atoms with Crippen molar-refractivity contribution in [3.63, 3.8) is 0 Å². The van der Waals surface area contributed by atoms with Gasteiger partial charge in [0.15, 0.2) is 0 Å². The molecule has 2 heterocycles. The second kappa shape index (κ2) is 5.70. The van der Waals surface area contributed by atoms with Crippen LogP contribution in [0, 0.1) is 5.92 Å². The van der Waals surface area contributed by atoms with Crippen LogP contribution in [-0.2, 0) is 20.2 Å². The Morgan fingerprint density at radius 3 is 2.52 bits per heavy atom. The van der Waals surface area contributed by atoms with Crippen molar-refractivity contribution in [1.29, 1.82) is 0 Å². The van der Waals surface area contributed by atoms with E-state index < -0.39 is 10.0 Å². The fraction of sp³-hybridized carbons (Fsp3) is 0.467. The summed E-state index contributed by atoms with van der Waals surface area (Å²) < 4.78 is 33.4. The maximum absolute atomic E-state index is 11.3. The van der Waals surface area contributed by atoms with Gasteiger partial charge in [0.25, 0.3) is 0 Å². The number of benzene rings is 1. The largest absolute Gasteiger partial charge is 0.381 e. The molecule has 1 fully saturated rings. The highest BCUT2D eigenvalue weighted by atomic mass is 32.2. The number of hydrogen-bond acceptors (Lipinski definition) is 6. The number of aromatic nitrogens is 2. The number of sulfonamides is 1. The summed E-state index contributed by atoms with van der Waals surface area (Å²) in [7, 11) is -3.71. The van der Waals surface area contributed by atoms with Crippen LogP contribution in [0.4, 0.5) is 0 Å². The van der Waals surface area contributed by atoms with Crippen molar-refractivity contribution in [3.05, 3.63) is 30.2 Å². The monoisotopic (exact) mass is 337 g/mol. The van der Waals surface area contributed by atoms with Gasteiger partial charge in [-0.05, 0) is 36.6 Å². The lowest BCUT2D eigenvalue weighted by Crippen LogP contribution is -2.29. The molecule has 0 amide bonds. The van der Waals surface area contributed by atoms with E-state index in [0.29, 0.717) is 29.8 Å². The van der Waals surface area contributed by atoms with Crippen molar-refractivity contribution in [2.75, 3.05) is 13.2 Å². The van der Waals surface area contributed by atoms with Crippen LogP contribution in [0.5, 0.6) is 0 Å². The van der Waals surface area contributed by atoms with Crippen LogP contribution < -0.4 is 5.14 Å². The van der Waals surface area contributed by atoms with Crippen LogP contribution in [0.3, 0.4) is 0 Å². The molecule has 1 aliphatic heterocycles. The molecule has 8 heteroatoms. The number of hydrogen-bond donors (Lipinski definition) is 1. The third kappa shape index (κ3) is 3.15. The Bertz CT molecular complexity index is 790. The molecule has 1 aromatic carbocycles. The van der Waals surface area contributed by atoms with E-state index >= 15 is 0 Å². The van der Waals surface area contributed by atoms with Crippen LogP contribution >= 0.6 is 0 Å². The van der Waals surface area contributed by atoms with Gasteiger partial charge in [-0.2, -0.15) is 4.98 Å². The Balaban J connectivity index is 1.87. The normalized spacial score (nSPS) is 19.2. The van der Waals surface area contributed by atoms with Gasteiger partial charge in [0, 0.05) is 17.6 Å². The van der Waals surface area contributed by atoms with Gasteiger partial charge in [-0.25, -0.2) is 13.6 Å². The van der Waals surface area contributed by atoms with Gasteiger partial charge >= 0.3 is 0 Å². The molecule has 0 saturated carbocycles. The third-order valence-corrected chi connectivity index (χ3v) is 5.30. The van der Waals surface area contributed by atoms with Gasteiger partial charge in [-0.3, -0.25) is 0 Å². The van der Waals surface area contributed by atoms with Crippen LogP contribution in [0.2, 0.25) is 0 Å². The Kier molecular flexibility index (Phi) is 3.99. The zero-order chi connectivity index (χ0) is 16.7.